The molecule has 0 aliphatic rings. The van der Waals surface area contributed by atoms with E-state index in [0.29, 0.717) is 23.0 Å². The fourth-order valence-corrected chi connectivity index (χ4v) is 2.63. The first-order chi connectivity index (χ1) is 11.0. The maximum atomic E-state index is 11.7. The van der Waals surface area contributed by atoms with Crippen molar-refractivity contribution >= 4 is 40.8 Å². The van der Waals surface area contributed by atoms with Crippen LogP contribution in [0.3, 0.4) is 0 Å². The minimum atomic E-state index is -0.508. The summed E-state index contributed by atoms with van der Waals surface area (Å²) in [4.78, 5) is 23.0. The minimum Gasteiger partial charge on any atom is -0.337 e. The summed E-state index contributed by atoms with van der Waals surface area (Å²) in [5.74, 6) is 0.698. The van der Waals surface area contributed by atoms with E-state index in [1.165, 1.54) is 18.2 Å². The highest BCUT2D eigenvalue weighted by Crippen LogP contribution is 2.20. The molecule has 0 bridgehead atoms. The van der Waals surface area contributed by atoms with Crippen LogP contribution in [0.5, 0.6) is 0 Å². The lowest BCUT2D eigenvalue weighted by Crippen LogP contribution is -2.30. The Kier molecular flexibility index (Phi) is 6.25. The Balaban J connectivity index is 1.74. The van der Waals surface area contributed by atoms with Gasteiger partial charge in [-0.25, -0.2) is 4.79 Å². The number of halogens is 1. The molecule has 0 saturated carbocycles. The largest absolute Gasteiger partial charge is 0.337 e. The van der Waals surface area contributed by atoms with Gasteiger partial charge in [0.05, 0.1) is 4.92 Å². The van der Waals surface area contributed by atoms with Gasteiger partial charge in [-0.3, -0.25) is 10.1 Å². The maximum absolute atomic E-state index is 11.7. The van der Waals surface area contributed by atoms with Crippen LogP contribution in [-0.2, 0) is 0 Å². The zero-order chi connectivity index (χ0) is 16.7. The van der Waals surface area contributed by atoms with Crippen molar-refractivity contribution in [1.82, 2.24) is 5.32 Å². The Bertz CT molecular complexity index is 695. The van der Waals surface area contributed by atoms with Crippen LogP contribution < -0.4 is 10.6 Å². The highest BCUT2D eigenvalue weighted by Gasteiger charge is 2.07. The average molecular weight is 352 g/mol. The Morgan fingerprint density at radius 1 is 1.22 bits per heavy atom. The van der Waals surface area contributed by atoms with E-state index < -0.39 is 11.0 Å². The van der Waals surface area contributed by atoms with Crippen LogP contribution in [0.1, 0.15) is 0 Å². The number of nitrogens with one attached hydrogen (secondary N) is 2. The van der Waals surface area contributed by atoms with Gasteiger partial charge in [-0.1, -0.05) is 17.7 Å². The van der Waals surface area contributed by atoms with E-state index in [1.807, 2.05) is 24.3 Å². The predicted octanol–water partition coefficient (Wildman–Crippen LogP) is 4.16. The molecule has 0 radical (unpaired) electrons. The van der Waals surface area contributed by atoms with E-state index in [1.54, 1.807) is 17.8 Å². The first-order valence-corrected chi connectivity index (χ1v) is 8.08. The Morgan fingerprint density at radius 3 is 2.65 bits per heavy atom. The third-order valence-corrected chi connectivity index (χ3v) is 4.05. The summed E-state index contributed by atoms with van der Waals surface area (Å²) in [5.41, 5.74) is 0.308. The molecule has 0 heterocycles. The van der Waals surface area contributed by atoms with Crippen LogP contribution in [0.2, 0.25) is 5.02 Å². The highest BCUT2D eigenvalue weighted by molar-refractivity contribution is 7.99. The average Bonchev–Trinajstić information content (AvgIpc) is 2.53. The van der Waals surface area contributed by atoms with Gasteiger partial charge in [-0.05, 0) is 30.3 Å². The van der Waals surface area contributed by atoms with Gasteiger partial charge in [0.15, 0.2) is 0 Å². The van der Waals surface area contributed by atoms with Crippen LogP contribution in [0.15, 0.2) is 53.4 Å². The van der Waals surface area contributed by atoms with Gasteiger partial charge >= 0.3 is 6.03 Å². The molecular weight excluding hydrogens is 338 g/mol. The lowest BCUT2D eigenvalue weighted by molar-refractivity contribution is -0.384. The maximum Gasteiger partial charge on any atom is 0.319 e. The topological polar surface area (TPSA) is 84.3 Å². The normalized spacial score (nSPS) is 10.1. The monoisotopic (exact) mass is 351 g/mol. The fourth-order valence-electron chi connectivity index (χ4n) is 1.74. The van der Waals surface area contributed by atoms with E-state index >= 15 is 0 Å². The lowest BCUT2D eigenvalue weighted by Gasteiger charge is -2.07. The molecule has 0 aliphatic heterocycles. The fraction of sp³-hybridized carbons (Fsp3) is 0.133. The van der Waals surface area contributed by atoms with Gasteiger partial charge in [0, 0.05) is 40.0 Å². The Hall–Kier alpha value is -2.25. The number of carbonyl (C=O) groups excluding carboxylic acids is 1. The molecule has 2 aromatic carbocycles. The van der Waals surface area contributed by atoms with Crippen molar-refractivity contribution in [2.24, 2.45) is 0 Å². The van der Waals surface area contributed by atoms with Crippen molar-refractivity contribution in [3.8, 4) is 0 Å². The third kappa shape index (κ3) is 5.80. The van der Waals surface area contributed by atoms with Gasteiger partial charge in [0.1, 0.15) is 0 Å². The second-order valence-corrected chi connectivity index (χ2v) is 6.10. The number of hydrogen-bond acceptors (Lipinski definition) is 4. The van der Waals surface area contributed by atoms with Crippen molar-refractivity contribution in [3.63, 3.8) is 0 Å². The molecule has 0 aliphatic carbocycles. The summed E-state index contributed by atoms with van der Waals surface area (Å²) in [6, 6.07) is 12.8. The molecule has 23 heavy (non-hydrogen) atoms. The van der Waals surface area contributed by atoms with Crippen molar-refractivity contribution < 1.29 is 9.72 Å². The number of urea groups is 1. The molecule has 120 valence electrons. The van der Waals surface area contributed by atoms with E-state index in [2.05, 4.69) is 10.6 Å². The Labute approximate surface area is 142 Å². The molecule has 6 nitrogen and oxygen atoms in total. The zero-order valence-corrected chi connectivity index (χ0v) is 13.6. The number of non-ortho nitro benzene ring substituents is 1. The van der Waals surface area contributed by atoms with Gasteiger partial charge in [0.2, 0.25) is 0 Å². The smallest absolute Gasteiger partial charge is 0.319 e. The van der Waals surface area contributed by atoms with Crippen LogP contribution in [0.25, 0.3) is 0 Å². The van der Waals surface area contributed by atoms with Crippen molar-refractivity contribution in [3.05, 3.63) is 63.7 Å². The SMILES string of the molecule is O=C(NCCSc1ccc(Cl)cc1)Nc1cccc([N+](=O)[O-])c1. The minimum absolute atomic E-state index is 0.0684. The quantitative estimate of drug-likeness (QED) is 0.354. The molecule has 8 heteroatoms. The van der Waals surface area contributed by atoms with E-state index in [9.17, 15) is 14.9 Å². The first-order valence-electron chi connectivity index (χ1n) is 6.72. The molecule has 0 saturated heterocycles. The van der Waals surface area contributed by atoms with Crippen LogP contribution in [0, 0.1) is 10.1 Å². The summed E-state index contributed by atoms with van der Waals surface area (Å²) in [6.45, 7) is 0.466. The molecule has 2 rings (SSSR count). The lowest BCUT2D eigenvalue weighted by atomic mass is 10.3. The summed E-state index contributed by atoms with van der Waals surface area (Å²) < 4.78 is 0. The number of nitrogens with zero attached hydrogens (tertiary/aromatic N) is 1. The second-order valence-electron chi connectivity index (χ2n) is 4.49. The summed E-state index contributed by atoms with van der Waals surface area (Å²) in [7, 11) is 0. The van der Waals surface area contributed by atoms with E-state index in [-0.39, 0.29) is 5.69 Å². The third-order valence-electron chi connectivity index (χ3n) is 2.78. The number of rotatable bonds is 6. The van der Waals surface area contributed by atoms with Crippen molar-refractivity contribution in [1.29, 1.82) is 0 Å². The van der Waals surface area contributed by atoms with Gasteiger partial charge in [-0.15, -0.1) is 11.8 Å². The summed E-state index contributed by atoms with van der Waals surface area (Å²) >= 11 is 7.40. The standard InChI is InChI=1S/C15H14ClN3O3S/c16-11-4-6-14(7-5-11)23-9-8-17-15(20)18-12-2-1-3-13(10-12)19(21)22/h1-7,10H,8-9H2,(H2,17,18,20). The molecule has 2 N–H and O–H groups in total. The van der Waals surface area contributed by atoms with Crippen LogP contribution in [0.4, 0.5) is 16.2 Å². The second kappa shape index (κ2) is 8.40. The van der Waals surface area contributed by atoms with Gasteiger partial charge < -0.3 is 10.6 Å². The summed E-state index contributed by atoms with van der Waals surface area (Å²) in [5, 5.41) is 16.6. The molecule has 0 fully saturated rings. The van der Waals surface area contributed by atoms with Crippen molar-refractivity contribution in [2.45, 2.75) is 4.90 Å². The number of nitro groups is 1. The molecule has 0 spiro atoms. The van der Waals surface area contributed by atoms with Gasteiger partial charge in [0.25, 0.3) is 5.69 Å². The Morgan fingerprint density at radius 2 is 1.96 bits per heavy atom. The number of hydrogen-bond donors (Lipinski definition) is 2. The van der Waals surface area contributed by atoms with Crippen molar-refractivity contribution in [2.75, 3.05) is 17.6 Å². The predicted molar refractivity (Wildman–Crippen MR) is 92.3 cm³/mol. The summed E-state index contributed by atoms with van der Waals surface area (Å²) in [6.07, 6.45) is 0. The van der Waals surface area contributed by atoms with Crippen LogP contribution >= 0.6 is 23.4 Å². The number of nitro benzene ring substituents is 1. The number of anilines is 1. The van der Waals surface area contributed by atoms with E-state index in [4.69, 9.17) is 11.6 Å². The van der Waals surface area contributed by atoms with Crippen LogP contribution in [-0.4, -0.2) is 23.3 Å². The molecule has 0 aromatic heterocycles. The number of amides is 2. The molecule has 0 atom stereocenters. The molecule has 2 aromatic rings. The highest BCUT2D eigenvalue weighted by atomic mass is 35.5. The molecule has 2 amide bonds. The molecule has 0 unspecified atom stereocenters. The van der Waals surface area contributed by atoms with E-state index in [0.717, 1.165) is 4.90 Å². The van der Waals surface area contributed by atoms with Gasteiger partial charge in [-0.2, -0.15) is 0 Å². The molecular formula is C15H14ClN3O3S. The number of carbonyl (C=O) groups is 1. The first kappa shape index (κ1) is 17.1. The zero-order valence-electron chi connectivity index (χ0n) is 12.0. The number of thioether (sulfide) groups is 1. The number of benzene rings is 2.